The Balaban J connectivity index is 2.04. The standard InChI is InChI=1S/C17H18FNO2/c18-16-10-12(6-8-14(19)11-17(20)21)7-9-15(16)13-4-2-1-3-5-13/h1-5,7,9-10,14H,6,8,11,19H2,(H,20,21). The summed E-state index contributed by atoms with van der Waals surface area (Å²) in [6, 6.07) is 14.1. The predicted molar refractivity (Wildman–Crippen MR) is 80.4 cm³/mol. The number of halogens is 1. The van der Waals surface area contributed by atoms with E-state index in [0.29, 0.717) is 18.4 Å². The lowest BCUT2D eigenvalue weighted by atomic mass is 9.99. The van der Waals surface area contributed by atoms with Gasteiger partial charge in [-0.05, 0) is 30.0 Å². The summed E-state index contributed by atoms with van der Waals surface area (Å²) in [5, 5.41) is 8.65. The van der Waals surface area contributed by atoms with Crippen LogP contribution in [0.25, 0.3) is 11.1 Å². The molecular formula is C17H18FNO2. The van der Waals surface area contributed by atoms with Crippen LogP contribution in [0.5, 0.6) is 0 Å². The van der Waals surface area contributed by atoms with Crippen LogP contribution in [-0.2, 0) is 11.2 Å². The lowest BCUT2D eigenvalue weighted by Crippen LogP contribution is -2.24. The molecule has 0 saturated heterocycles. The van der Waals surface area contributed by atoms with Crippen molar-refractivity contribution in [3.8, 4) is 11.1 Å². The monoisotopic (exact) mass is 287 g/mol. The van der Waals surface area contributed by atoms with E-state index >= 15 is 0 Å². The van der Waals surface area contributed by atoms with Gasteiger partial charge >= 0.3 is 5.97 Å². The van der Waals surface area contributed by atoms with Crippen LogP contribution in [0.15, 0.2) is 48.5 Å². The highest BCUT2D eigenvalue weighted by Crippen LogP contribution is 2.23. The molecule has 3 nitrogen and oxygen atoms in total. The summed E-state index contributed by atoms with van der Waals surface area (Å²) >= 11 is 0. The van der Waals surface area contributed by atoms with Gasteiger partial charge in [-0.2, -0.15) is 0 Å². The molecule has 3 N–H and O–H groups in total. The van der Waals surface area contributed by atoms with Crippen molar-refractivity contribution in [1.29, 1.82) is 0 Å². The number of carboxylic acids is 1. The fraction of sp³-hybridized carbons (Fsp3) is 0.235. The van der Waals surface area contributed by atoms with Crippen molar-refractivity contribution in [1.82, 2.24) is 0 Å². The van der Waals surface area contributed by atoms with Crippen molar-refractivity contribution in [2.24, 2.45) is 5.73 Å². The number of nitrogens with two attached hydrogens (primary N) is 1. The lowest BCUT2D eigenvalue weighted by Gasteiger charge is -2.10. The highest BCUT2D eigenvalue weighted by Gasteiger charge is 2.10. The van der Waals surface area contributed by atoms with E-state index in [1.807, 2.05) is 36.4 Å². The fourth-order valence-electron chi connectivity index (χ4n) is 2.24. The second kappa shape index (κ2) is 6.99. The Morgan fingerprint density at radius 1 is 1.19 bits per heavy atom. The van der Waals surface area contributed by atoms with E-state index in [2.05, 4.69) is 0 Å². The molecule has 2 aromatic rings. The first-order valence-corrected chi connectivity index (χ1v) is 6.87. The number of rotatable bonds is 6. The van der Waals surface area contributed by atoms with E-state index in [9.17, 15) is 9.18 Å². The van der Waals surface area contributed by atoms with Crippen molar-refractivity contribution in [2.45, 2.75) is 25.3 Å². The highest BCUT2D eigenvalue weighted by atomic mass is 19.1. The number of carboxylic acid groups (broad SMARTS) is 1. The number of hydrogen-bond donors (Lipinski definition) is 2. The largest absolute Gasteiger partial charge is 0.481 e. The summed E-state index contributed by atoms with van der Waals surface area (Å²) in [5.74, 6) is -1.18. The van der Waals surface area contributed by atoms with E-state index < -0.39 is 12.0 Å². The Kier molecular flexibility index (Phi) is 5.06. The van der Waals surface area contributed by atoms with E-state index in [4.69, 9.17) is 10.8 Å². The molecule has 1 atom stereocenters. The zero-order valence-electron chi connectivity index (χ0n) is 11.6. The minimum atomic E-state index is -0.909. The van der Waals surface area contributed by atoms with E-state index in [1.54, 1.807) is 6.07 Å². The van der Waals surface area contributed by atoms with E-state index in [0.717, 1.165) is 11.1 Å². The van der Waals surface area contributed by atoms with Crippen LogP contribution >= 0.6 is 0 Å². The summed E-state index contributed by atoms with van der Waals surface area (Å²) in [5.41, 5.74) is 7.93. The van der Waals surface area contributed by atoms with Gasteiger partial charge in [0.1, 0.15) is 5.82 Å². The third kappa shape index (κ3) is 4.39. The average Bonchev–Trinajstić information content (AvgIpc) is 2.45. The number of carbonyl (C=O) groups is 1. The number of aryl methyl sites for hydroxylation is 1. The van der Waals surface area contributed by atoms with Gasteiger partial charge in [0.25, 0.3) is 0 Å². The number of aliphatic carboxylic acids is 1. The molecule has 4 heteroatoms. The summed E-state index contributed by atoms with van der Waals surface area (Å²) in [6.07, 6.45) is 1.03. The maximum atomic E-state index is 14.1. The van der Waals surface area contributed by atoms with Crippen molar-refractivity contribution in [3.63, 3.8) is 0 Å². The van der Waals surface area contributed by atoms with Gasteiger partial charge in [0.15, 0.2) is 0 Å². The Bertz CT molecular complexity index is 613. The van der Waals surface area contributed by atoms with E-state index in [-0.39, 0.29) is 12.2 Å². The Morgan fingerprint density at radius 3 is 2.52 bits per heavy atom. The zero-order chi connectivity index (χ0) is 15.2. The maximum Gasteiger partial charge on any atom is 0.304 e. The Morgan fingerprint density at radius 2 is 1.90 bits per heavy atom. The molecule has 0 aromatic heterocycles. The molecule has 0 amide bonds. The SMILES string of the molecule is NC(CCc1ccc(-c2ccccc2)c(F)c1)CC(=O)O. The maximum absolute atomic E-state index is 14.1. The van der Waals surface area contributed by atoms with Gasteiger partial charge in [0.05, 0.1) is 6.42 Å². The third-order valence-corrected chi connectivity index (χ3v) is 3.36. The van der Waals surface area contributed by atoms with Crippen LogP contribution in [0, 0.1) is 5.82 Å². The van der Waals surface area contributed by atoms with Crippen LogP contribution in [0.3, 0.4) is 0 Å². The molecule has 0 aliphatic heterocycles. The number of benzene rings is 2. The molecule has 0 heterocycles. The topological polar surface area (TPSA) is 63.3 Å². The summed E-state index contributed by atoms with van der Waals surface area (Å²) in [7, 11) is 0. The summed E-state index contributed by atoms with van der Waals surface area (Å²) in [6.45, 7) is 0. The van der Waals surface area contributed by atoms with Gasteiger partial charge < -0.3 is 10.8 Å². The second-order valence-electron chi connectivity index (χ2n) is 5.08. The van der Waals surface area contributed by atoms with Crippen LogP contribution in [0.4, 0.5) is 4.39 Å². The molecular weight excluding hydrogens is 269 g/mol. The minimum absolute atomic E-state index is 0.0649. The fourth-order valence-corrected chi connectivity index (χ4v) is 2.24. The van der Waals surface area contributed by atoms with Crippen molar-refractivity contribution in [2.75, 3.05) is 0 Å². The van der Waals surface area contributed by atoms with Gasteiger partial charge in [0, 0.05) is 11.6 Å². The molecule has 0 saturated carbocycles. The molecule has 0 aliphatic carbocycles. The molecule has 2 rings (SSSR count). The normalized spacial score (nSPS) is 12.1. The molecule has 2 aromatic carbocycles. The molecule has 21 heavy (non-hydrogen) atoms. The Hall–Kier alpha value is -2.20. The molecule has 0 fully saturated rings. The van der Waals surface area contributed by atoms with Crippen molar-refractivity contribution in [3.05, 3.63) is 59.9 Å². The molecule has 0 bridgehead atoms. The number of hydrogen-bond acceptors (Lipinski definition) is 2. The van der Waals surface area contributed by atoms with Gasteiger partial charge in [-0.3, -0.25) is 4.79 Å². The quantitative estimate of drug-likeness (QED) is 0.857. The van der Waals surface area contributed by atoms with Crippen molar-refractivity contribution < 1.29 is 14.3 Å². The van der Waals surface area contributed by atoms with Crippen LogP contribution in [-0.4, -0.2) is 17.1 Å². The van der Waals surface area contributed by atoms with Crippen molar-refractivity contribution >= 4 is 5.97 Å². The van der Waals surface area contributed by atoms with Crippen LogP contribution in [0.1, 0.15) is 18.4 Å². The molecule has 110 valence electrons. The summed E-state index contributed by atoms with van der Waals surface area (Å²) < 4.78 is 14.1. The first-order chi connectivity index (χ1) is 10.1. The van der Waals surface area contributed by atoms with Crippen LogP contribution < -0.4 is 5.73 Å². The van der Waals surface area contributed by atoms with E-state index in [1.165, 1.54) is 6.07 Å². The summed E-state index contributed by atoms with van der Waals surface area (Å²) in [4.78, 5) is 10.5. The highest BCUT2D eigenvalue weighted by molar-refractivity contribution is 5.67. The second-order valence-corrected chi connectivity index (χ2v) is 5.08. The zero-order valence-corrected chi connectivity index (χ0v) is 11.6. The smallest absolute Gasteiger partial charge is 0.304 e. The predicted octanol–water partition coefficient (Wildman–Crippen LogP) is 3.23. The lowest BCUT2D eigenvalue weighted by molar-refractivity contribution is -0.137. The molecule has 0 radical (unpaired) electrons. The third-order valence-electron chi connectivity index (χ3n) is 3.36. The minimum Gasteiger partial charge on any atom is -0.481 e. The molecule has 1 unspecified atom stereocenters. The molecule has 0 spiro atoms. The first kappa shape index (κ1) is 15.2. The average molecular weight is 287 g/mol. The van der Waals surface area contributed by atoms with Gasteiger partial charge in [-0.25, -0.2) is 4.39 Å². The molecule has 0 aliphatic rings. The Labute approximate surface area is 123 Å². The van der Waals surface area contributed by atoms with Crippen LogP contribution in [0.2, 0.25) is 0 Å². The van der Waals surface area contributed by atoms with Gasteiger partial charge in [0.2, 0.25) is 0 Å². The first-order valence-electron chi connectivity index (χ1n) is 6.87. The van der Waals surface area contributed by atoms with Gasteiger partial charge in [-0.1, -0.05) is 42.5 Å². The van der Waals surface area contributed by atoms with Gasteiger partial charge in [-0.15, -0.1) is 0 Å².